The van der Waals surface area contributed by atoms with Gasteiger partial charge in [-0.2, -0.15) is 4.98 Å². The third-order valence-corrected chi connectivity index (χ3v) is 4.68. The molecule has 2 aromatic heterocycles. The summed E-state index contributed by atoms with van der Waals surface area (Å²) in [5, 5.41) is 10.1. The zero-order valence-corrected chi connectivity index (χ0v) is 14.6. The highest BCUT2D eigenvalue weighted by molar-refractivity contribution is 8.09. The van der Waals surface area contributed by atoms with E-state index in [2.05, 4.69) is 15.0 Å². The lowest BCUT2D eigenvalue weighted by atomic mass is 10.2. The van der Waals surface area contributed by atoms with E-state index < -0.39 is 24.9 Å². The van der Waals surface area contributed by atoms with Gasteiger partial charge in [-0.1, -0.05) is 12.2 Å². The van der Waals surface area contributed by atoms with E-state index in [1.807, 2.05) is 0 Å². The number of aliphatic hydroxyl groups is 1. The first-order valence-electron chi connectivity index (χ1n) is 6.75. The van der Waals surface area contributed by atoms with Crippen molar-refractivity contribution in [1.29, 1.82) is 0 Å². The predicted molar refractivity (Wildman–Crippen MR) is 90.0 cm³/mol. The Labute approximate surface area is 141 Å². The van der Waals surface area contributed by atoms with Crippen molar-refractivity contribution in [3.8, 4) is 0 Å². The van der Waals surface area contributed by atoms with E-state index in [-0.39, 0.29) is 12.6 Å². The van der Waals surface area contributed by atoms with Crippen molar-refractivity contribution in [3.63, 3.8) is 0 Å². The molecular weight excluding hydrogens is 361 g/mol. The molecule has 2 aromatic rings. The molecule has 2 unspecified atom stereocenters. The van der Waals surface area contributed by atoms with Gasteiger partial charge in [0.1, 0.15) is 22.5 Å². The van der Waals surface area contributed by atoms with E-state index in [1.165, 1.54) is 13.0 Å². The maximum Gasteiger partial charge on any atom is 0.200 e. The first kappa shape index (κ1) is 16.9. The highest BCUT2D eigenvalue weighted by Gasteiger charge is 2.36. The van der Waals surface area contributed by atoms with Gasteiger partial charge in [-0.25, -0.2) is 4.98 Å². The van der Waals surface area contributed by atoms with Crippen LogP contribution in [0.15, 0.2) is 6.33 Å². The van der Waals surface area contributed by atoms with E-state index in [4.69, 9.17) is 39.0 Å². The Morgan fingerprint density at radius 1 is 1.65 bits per heavy atom. The summed E-state index contributed by atoms with van der Waals surface area (Å²) >= 11 is 9.97. The molecule has 0 spiro atoms. The number of rotatable bonds is 4. The van der Waals surface area contributed by atoms with Crippen molar-refractivity contribution in [2.24, 2.45) is 0 Å². The molecule has 3 rings (SSSR count). The number of nitrogens with one attached hydrogen (secondary N) is 1. The van der Waals surface area contributed by atoms with Gasteiger partial charge in [-0.3, -0.25) is 4.57 Å². The van der Waals surface area contributed by atoms with Crippen LogP contribution in [0.1, 0.15) is 12.6 Å². The van der Waals surface area contributed by atoms with Crippen molar-refractivity contribution in [2.75, 3.05) is 19.0 Å². The maximum atomic E-state index is 10.1. The monoisotopic (exact) mass is 377 g/mol. The number of nitrogens with two attached hydrogens (primary N) is 1. The van der Waals surface area contributed by atoms with Crippen LogP contribution >= 0.6 is 18.7 Å². The number of nitrogen functional groups attached to an aromatic ring is 1. The molecule has 0 bridgehead atoms. The SMILES string of the molecule is CP(O)(=S)OCC1O[C@@H](n2cnc3c(=S)[nH]c(N)nc32)C[C@H]1O. The van der Waals surface area contributed by atoms with Crippen molar-refractivity contribution < 1.29 is 19.3 Å². The summed E-state index contributed by atoms with van der Waals surface area (Å²) < 4.78 is 13.0. The second kappa shape index (κ2) is 6.17. The Morgan fingerprint density at radius 3 is 3.09 bits per heavy atom. The molecule has 4 atom stereocenters. The summed E-state index contributed by atoms with van der Waals surface area (Å²) in [4.78, 5) is 20.7. The standard InChI is InChI=1S/C11H16N5O4PS2/c1-21(18,23)19-3-6-5(17)2-7(20-6)16-4-13-8-9(16)14-11(12)15-10(8)22/h4-7,17H,2-3H2,1H3,(H,18,23)(H3,12,14,15,22)/t5-,6?,7-,21?/m1/s1. The smallest absolute Gasteiger partial charge is 0.200 e. The molecule has 3 heterocycles. The first-order chi connectivity index (χ1) is 10.7. The lowest BCUT2D eigenvalue weighted by Crippen LogP contribution is -2.25. The Hall–Kier alpha value is -0.940. The number of aromatic amines is 1. The Balaban J connectivity index is 1.84. The van der Waals surface area contributed by atoms with Crippen LogP contribution in [0.4, 0.5) is 5.95 Å². The predicted octanol–water partition coefficient (Wildman–Crippen LogP) is 0.668. The van der Waals surface area contributed by atoms with Crippen LogP contribution in [0.3, 0.4) is 0 Å². The molecule has 1 aliphatic heterocycles. The first-order valence-corrected chi connectivity index (χ1v) is 10.3. The van der Waals surface area contributed by atoms with E-state index in [0.29, 0.717) is 22.2 Å². The van der Waals surface area contributed by atoms with E-state index >= 15 is 0 Å². The fourth-order valence-corrected chi connectivity index (χ4v) is 3.26. The van der Waals surface area contributed by atoms with Gasteiger partial charge in [-0.05, 0) is 11.8 Å². The number of ether oxygens (including phenoxy) is 1. The molecule has 1 saturated heterocycles. The largest absolute Gasteiger partial charge is 0.390 e. The quantitative estimate of drug-likeness (QED) is 0.448. The summed E-state index contributed by atoms with van der Waals surface area (Å²) in [5.41, 5.74) is 6.67. The molecule has 0 radical (unpaired) electrons. The average Bonchev–Trinajstić information content (AvgIpc) is 2.99. The van der Waals surface area contributed by atoms with Crippen LogP contribution in [-0.2, 0) is 21.1 Å². The van der Waals surface area contributed by atoms with Crippen LogP contribution in [0, 0.1) is 4.64 Å². The molecule has 9 nitrogen and oxygen atoms in total. The summed E-state index contributed by atoms with van der Waals surface area (Å²) in [6.07, 6.45) is 0.0278. The third kappa shape index (κ3) is 3.61. The summed E-state index contributed by atoms with van der Waals surface area (Å²) in [7, 11) is 0. The normalized spacial score (nSPS) is 27.3. The number of fused-ring (bicyclic) bond motifs is 1. The maximum absolute atomic E-state index is 10.1. The number of anilines is 1. The van der Waals surface area contributed by atoms with Gasteiger partial charge in [-0.15, -0.1) is 0 Å². The van der Waals surface area contributed by atoms with Crippen LogP contribution in [0.5, 0.6) is 0 Å². The fraction of sp³-hybridized carbons (Fsp3) is 0.545. The number of hydrogen-bond donors (Lipinski definition) is 4. The number of aromatic nitrogens is 4. The zero-order valence-electron chi connectivity index (χ0n) is 12.1. The van der Waals surface area contributed by atoms with Crippen molar-refractivity contribution in [1.82, 2.24) is 19.5 Å². The zero-order chi connectivity index (χ0) is 16.8. The molecule has 1 aliphatic rings. The highest BCUT2D eigenvalue weighted by Crippen LogP contribution is 2.39. The minimum Gasteiger partial charge on any atom is -0.390 e. The van der Waals surface area contributed by atoms with Gasteiger partial charge in [0.2, 0.25) is 5.95 Å². The number of H-pyrrole nitrogens is 1. The summed E-state index contributed by atoms with van der Waals surface area (Å²) in [6, 6.07) is 0. The van der Waals surface area contributed by atoms with Gasteiger partial charge in [0, 0.05) is 13.1 Å². The number of aliphatic hydroxyl groups excluding tert-OH is 1. The fourth-order valence-electron chi connectivity index (χ4n) is 2.40. The molecule has 126 valence electrons. The van der Waals surface area contributed by atoms with E-state index in [1.54, 1.807) is 4.57 Å². The van der Waals surface area contributed by atoms with Crippen LogP contribution in [-0.4, -0.2) is 55.0 Å². The minimum absolute atomic E-state index is 0.0181. The molecule has 0 amide bonds. The van der Waals surface area contributed by atoms with Gasteiger partial charge >= 0.3 is 0 Å². The molecule has 23 heavy (non-hydrogen) atoms. The molecule has 0 saturated carbocycles. The lowest BCUT2D eigenvalue weighted by Gasteiger charge is -2.18. The highest BCUT2D eigenvalue weighted by atomic mass is 32.5. The lowest BCUT2D eigenvalue weighted by molar-refractivity contribution is -0.0378. The molecule has 0 aliphatic carbocycles. The minimum atomic E-state index is -2.80. The number of hydrogen-bond acceptors (Lipinski definition) is 8. The van der Waals surface area contributed by atoms with Gasteiger partial charge < -0.3 is 30.0 Å². The van der Waals surface area contributed by atoms with Crippen molar-refractivity contribution in [2.45, 2.75) is 24.9 Å². The summed E-state index contributed by atoms with van der Waals surface area (Å²) in [5.74, 6) is 0.176. The molecule has 5 N–H and O–H groups in total. The Morgan fingerprint density at radius 2 is 2.39 bits per heavy atom. The molecule has 12 heteroatoms. The molecular formula is C11H16N5O4PS2. The topological polar surface area (TPSA) is 131 Å². The molecule has 1 fully saturated rings. The third-order valence-electron chi connectivity index (χ3n) is 3.44. The number of nitrogens with zero attached hydrogens (tertiary/aromatic N) is 3. The average molecular weight is 377 g/mol. The van der Waals surface area contributed by atoms with Crippen LogP contribution in [0.25, 0.3) is 11.2 Å². The van der Waals surface area contributed by atoms with Gasteiger partial charge in [0.25, 0.3) is 0 Å². The number of imidazole rings is 1. The summed E-state index contributed by atoms with van der Waals surface area (Å²) in [6.45, 7) is -1.34. The van der Waals surface area contributed by atoms with Gasteiger partial charge in [0.15, 0.2) is 12.1 Å². The second-order valence-corrected chi connectivity index (χ2v) is 9.61. The van der Waals surface area contributed by atoms with Gasteiger partial charge in [0.05, 0.1) is 19.0 Å². The van der Waals surface area contributed by atoms with E-state index in [9.17, 15) is 10.00 Å². The van der Waals surface area contributed by atoms with Crippen molar-refractivity contribution >= 4 is 47.6 Å². The molecule has 0 aromatic carbocycles. The van der Waals surface area contributed by atoms with Crippen LogP contribution < -0.4 is 5.73 Å². The van der Waals surface area contributed by atoms with Crippen LogP contribution in [0.2, 0.25) is 0 Å². The Kier molecular flexibility index (Phi) is 4.53. The second-order valence-electron chi connectivity index (χ2n) is 5.31. The van der Waals surface area contributed by atoms with E-state index in [0.717, 1.165) is 0 Å². The van der Waals surface area contributed by atoms with Crippen molar-refractivity contribution in [3.05, 3.63) is 11.0 Å². The Bertz CT molecular complexity index is 833.